The molecule has 4 heteroatoms. The molecular weight excluding hydrogens is 234 g/mol. The Hall–Kier alpha value is -0.770. The molecule has 96 valence electrons. The molecule has 0 saturated carbocycles. The third-order valence-corrected chi connectivity index (χ3v) is 3.64. The van der Waals surface area contributed by atoms with Crippen molar-refractivity contribution >= 4 is 22.9 Å². The Morgan fingerprint density at radius 1 is 1.06 bits per heavy atom. The molecule has 0 radical (unpaired) electrons. The van der Waals surface area contributed by atoms with Crippen LogP contribution >= 0.6 is 11.8 Å². The molecule has 1 saturated heterocycles. The number of carbonyl (C=O) groups is 2. The van der Waals surface area contributed by atoms with Crippen LogP contribution < -0.4 is 5.32 Å². The van der Waals surface area contributed by atoms with Crippen LogP contribution in [0.15, 0.2) is 11.0 Å². The smallest absolute Gasteiger partial charge is 0.282 e. The van der Waals surface area contributed by atoms with E-state index in [-0.39, 0.29) is 11.1 Å². The van der Waals surface area contributed by atoms with Gasteiger partial charge in [-0.1, -0.05) is 51.5 Å². The highest BCUT2D eigenvalue weighted by molar-refractivity contribution is 8.18. The van der Waals surface area contributed by atoms with Crippen LogP contribution in [0.4, 0.5) is 4.79 Å². The molecule has 0 atom stereocenters. The second-order valence-corrected chi connectivity index (χ2v) is 5.34. The molecule has 1 fully saturated rings. The molecule has 1 aliphatic rings. The van der Waals surface area contributed by atoms with Gasteiger partial charge in [-0.25, -0.2) is 0 Å². The van der Waals surface area contributed by atoms with Crippen LogP contribution in [0.2, 0.25) is 0 Å². The summed E-state index contributed by atoms with van der Waals surface area (Å²) in [6.07, 6.45) is 11.7. The summed E-state index contributed by atoms with van der Waals surface area (Å²) in [5.41, 5.74) is 0. The largest absolute Gasteiger partial charge is 0.290 e. The number of imide groups is 1. The highest BCUT2D eigenvalue weighted by atomic mass is 32.2. The summed E-state index contributed by atoms with van der Waals surface area (Å²) in [5.74, 6) is -0.233. The van der Waals surface area contributed by atoms with Gasteiger partial charge in [0.05, 0.1) is 4.91 Å². The van der Waals surface area contributed by atoms with Crippen LogP contribution in [-0.2, 0) is 4.79 Å². The second kappa shape index (κ2) is 8.34. The monoisotopic (exact) mass is 255 g/mol. The van der Waals surface area contributed by atoms with Crippen LogP contribution in [-0.4, -0.2) is 11.1 Å². The fraction of sp³-hybridized carbons (Fsp3) is 0.692. The number of amides is 2. The molecular formula is C13H21NO2S. The number of hydrogen-bond acceptors (Lipinski definition) is 3. The van der Waals surface area contributed by atoms with Crippen LogP contribution in [0.3, 0.4) is 0 Å². The summed E-state index contributed by atoms with van der Waals surface area (Å²) in [4.78, 5) is 22.7. The van der Waals surface area contributed by atoms with Crippen molar-refractivity contribution < 1.29 is 9.59 Å². The first-order chi connectivity index (χ1) is 8.24. The predicted molar refractivity (Wildman–Crippen MR) is 71.8 cm³/mol. The third-order valence-electron chi connectivity index (χ3n) is 2.78. The van der Waals surface area contributed by atoms with Gasteiger partial charge in [-0.05, 0) is 24.6 Å². The first-order valence-electron chi connectivity index (χ1n) is 6.47. The molecule has 2 amide bonds. The summed E-state index contributed by atoms with van der Waals surface area (Å²) in [6, 6.07) is 0. The van der Waals surface area contributed by atoms with E-state index in [1.165, 1.54) is 38.5 Å². The van der Waals surface area contributed by atoms with Crippen molar-refractivity contribution in [3.63, 3.8) is 0 Å². The average Bonchev–Trinajstić information content (AvgIpc) is 2.61. The molecule has 0 aromatic rings. The Labute approximate surface area is 107 Å². The minimum atomic E-state index is -0.249. The normalized spacial score (nSPS) is 17.8. The maximum Gasteiger partial charge on any atom is 0.290 e. The van der Waals surface area contributed by atoms with Crippen molar-refractivity contribution in [3.05, 3.63) is 11.0 Å². The minimum absolute atomic E-state index is 0.233. The zero-order chi connectivity index (χ0) is 12.5. The molecule has 0 aromatic heterocycles. The van der Waals surface area contributed by atoms with Gasteiger partial charge in [0.1, 0.15) is 0 Å². The third kappa shape index (κ3) is 5.91. The zero-order valence-electron chi connectivity index (χ0n) is 10.5. The van der Waals surface area contributed by atoms with Gasteiger partial charge in [0.15, 0.2) is 0 Å². The summed E-state index contributed by atoms with van der Waals surface area (Å²) in [7, 11) is 0. The summed E-state index contributed by atoms with van der Waals surface area (Å²) < 4.78 is 0. The fourth-order valence-corrected chi connectivity index (χ4v) is 2.48. The number of unbranched alkanes of at least 4 members (excludes halogenated alkanes) is 7. The maximum atomic E-state index is 11.2. The number of carbonyl (C=O) groups excluding carboxylic acids is 2. The number of hydrogen-bond donors (Lipinski definition) is 1. The van der Waals surface area contributed by atoms with Crippen molar-refractivity contribution in [2.45, 2.75) is 58.3 Å². The summed E-state index contributed by atoms with van der Waals surface area (Å²) >= 11 is 1.01. The molecule has 17 heavy (non-hydrogen) atoms. The Morgan fingerprint density at radius 2 is 1.71 bits per heavy atom. The number of rotatable bonds is 8. The SMILES string of the molecule is CCCCCCCCC/C=C1\SC(=O)NC1=O. The molecule has 3 nitrogen and oxygen atoms in total. The van der Waals surface area contributed by atoms with Gasteiger partial charge >= 0.3 is 0 Å². The van der Waals surface area contributed by atoms with E-state index in [1.807, 2.05) is 6.08 Å². The summed E-state index contributed by atoms with van der Waals surface area (Å²) in [6.45, 7) is 2.22. The fourth-order valence-electron chi connectivity index (χ4n) is 1.79. The van der Waals surface area contributed by atoms with Crippen LogP contribution in [0, 0.1) is 0 Å². The molecule has 0 aromatic carbocycles. The van der Waals surface area contributed by atoms with Crippen molar-refractivity contribution in [1.29, 1.82) is 0 Å². The lowest BCUT2D eigenvalue weighted by atomic mass is 10.1. The first kappa shape index (κ1) is 14.3. The van der Waals surface area contributed by atoms with E-state index in [4.69, 9.17) is 0 Å². The molecule has 0 aliphatic carbocycles. The Bertz CT molecular complexity index is 300. The minimum Gasteiger partial charge on any atom is -0.282 e. The van der Waals surface area contributed by atoms with Crippen molar-refractivity contribution in [1.82, 2.24) is 5.32 Å². The number of thioether (sulfide) groups is 1. The predicted octanol–water partition coefficient (Wildman–Crippen LogP) is 3.99. The summed E-state index contributed by atoms with van der Waals surface area (Å²) in [5, 5.41) is 2.01. The van der Waals surface area contributed by atoms with Gasteiger partial charge in [-0.15, -0.1) is 0 Å². The van der Waals surface area contributed by atoms with Gasteiger partial charge in [0.2, 0.25) is 0 Å². The lowest BCUT2D eigenvalue weighted by Gasteiger charge is -1.99. The average molecular weight is 255 g/mol. The first-order valence-corrected chi connectivity index (χ1v) is 7.29. The zero-order valence-corrected chi connectivity index (χ0v) is 11.3. The van der Waals surface area contributed by atoms with Crippen molar-refractivity contribution in [2.75, 3.05) is 0 Å². The molecule has 1 rings (SSSR count). The maximum absolute atomic E-state index is 11.2. The van der Waals surface area contributed by atoms with E-state index in [1.54, 1.807) is 0 Å². The molecule has 0 spiro atoms. The van der Waals surface area contributed by atoms with E-state index >= 15 is 0 Å². The van der Waals surface area contributed by atoms with Crippen LogP contribution in [0.1, 0.15) is 58.3 Å². The standard InChI is InChI=1S/C13H21NO2S/c1-2-3-4-5-6-7-8-9-10-11-12(15)14-13(16)17-11/h10H,2-9H2,1H3,(H,14,15,16)/b11-10-. The molecule has 0 unspecified atom stereocenters. The van der Waals surface area contributed by atoms with Gasteiger partial charge in [0.25, 0.3) is 11.1 Å². The number of allylic oxidation sites excluding steroid dienone is 1. The van der Waals surface area contributed by atoms with E-state index in [0.717, 1.165) is 24.6 Å². The Kier molecular flexibility index (Phi) is 7.01. The van der Waals surface area contributed by atoms with Crippen molar-refractivity contribution in [2.24, 2.45) is 0 Å². The van der Waals surface area contributed by atoms with E-state index < -0.39 is 0 Å². The Morgan fingerprint density at radius 3 is 2.29 bits per heavy atom. The van der Waals surface area contributed by atoms with Crippen LogP contribution in [0.5, 0.6) is 0 Å². The molecule has 1 N–H and O–H groups in total. The van der Waals surface area contributed by atoms with E-state index in [9.17, 15) is 9.59 Å². The lowest BCUT2D eigenvalue weighted by molar-refractivity contribution is -0.115. The molecule has 0 bridgehead atoms. The quantitative estimate of drug-likeness (QED) is 0.527. The number of nitrogens with one attached hydrogen (secondary N) is 1. The van der Waals surface area contributed by atoms with Gasteiger partial charge in [-0.3, -0.25) is 14.9 Å². The Balaban J connectivity index is 2.02. The highest BCUT2D eigenvalue weighted by Gasteiger charge is 2.24. The topological polar surface area (TPSA) is 46.2 Å². The lowest BCUT2D eigenvalue weighted by Crippen LogP contribution is -2.17. The van der Waals surface area contributed by atoms with Crippen molar-refractivity contribution in [3.8, 4) is 0 Å². The highest BCUT2D eigenvalue weighted by Crippen LogP contribution is 2.23. The van der Waals surface area contributed by atoms with Gasteiger partial charge in [-0.2, -0.15) is 0 Å². The van der Waals surface area contributed by atoms with Gasteiger partial charge in [0, 0.05) is 0 Å². The molecule has 1 aliphatic heterocycles. The second-order valence-electron chi connectivity index (χ2n) is 4.32. The molecule has 1 heterocycles. The van der Waals surface area contributed by atoms with Gasteiger partial charge < -0.3 is 0 Å². The van der Waals surface area contributed by atoms with E-state index in [2.05, 4.69) is 12.2 Å². The van der Waals surface area contributed by atoms with Crippen LogP contribution in [0.25, 0.3) is 0 Å². The van der Waals surface area contributed by atoms with E-state index in [0.29, 0.717) is 4.91 Å².